The topological polar surface area (TPSA) is 59.9 Å². The average Bonchev–Trinajstić information content (AvgIpc) is 2.54. The first-order valence-corrected chi connectivity index (χ1v) is 7.85. The minimum absolute atomic E-state index is 0.0347. The summed E-state index contributed by atoms with van der Waals surface area (Å²) in [6.45, 7) is 5.67. The van der Waals surface area contributed by atoms with Gasteiger partial charge in [0.15, 0.2) is 0 Å². The third-order valence-corrected chi connectivity index (χ3v) is 4.04. The van der Waals surface area contributed by atoms with Gasteiger partial charge < -0.3 is 14.9 Å². The van der Waals surface area contributed by atoms with Crippen molar-refractivity contribution in [2.45, 2.75) is 19.4 Å². The smallest absolute Gasteiger partial charge is 0.257 e. The molecule has 1 aromatic rings. The van der Waals surface area contributed by atoms with Gasteiger partial charge in [0.2, 0.25) is 0 Å². The van der Waals surface area contributed by atoms with Crippen LogP contribution in [-0.4, -0.2) is 78.7 Å². The molecule has 1 amide bonds. The molecule has 1 saturated heterocycles. The van der Waals surface area contributed by atoms with Gasteiger partial charge in [-0.1, -0.05) is 6.92 Å². The first kappa shape index (κ1) is 16.7. The molecule has 0 saturated carbocycles. The maximum absolute atomic E-state index is 12.7. The van der Waals surface area contributed by atoms with E-state index in [2.05, 4.69) is 9.88 Å². The van der Waals surface area contributed by atoms with Gasteiger partial charge in [-0.15, -0.1) is 0 Å². The number of carbonyl (C=O) groups is 1. The molecule has 0 bridgehead atoms. The van der Waals surface area contributed by atoms with Crippen LogP contribution in [0.3, 0.4) is 0 Å². The van der Waals surface area contributed by atoms with E-state index in [-0.39, 0.29) is 12.0 Å². The summed E-state index contributed by atoms with van der Waals surface area (Å²) in [5.74, 6) is 0.740. The number of aromatic nitrogens is 1. The van der Waals surface area contributed by atoms with Gasteiger partial charge >= 0.3 is 0 Å². The van der Waals surface area contributed by atoms with E-state index in [0.29, 0.717) is 31.0 Å². The number of pyridine rings is 1. The molecule has 1 aliphatic rings. The molecule has 0 aliphatic carbocycles. The van der Waals surface area contributed by atoms with E-state index in [1.54, 1.807) is 12.3 Å². The Bertz CT molecular complexity index is 499. The Kier molecular flexibility index (Phi) is 5.74. The molecule has 22 heavy (non-hydrogen) atoms. The lowest BCUT2D eigenvalue weighted by Crippen LogP contribution is -2.50. The van der Waals surface area contributed by atoms with E-state index in [1.165, 1.54) is 0 Å². The zero-order chi connectivity index (χ0) is 16.1. The number of aliphatic hydroxyl groups is 1. The number of anilines is 1. The molecule has 1 atom stereocenters. The second-order valence-corrected chi connectivity index (χ2v) is 5.92. The molecule has 1 aromatic heterocycles. The van der Waals surface area contributed by atoms with Crippen LogP contribution in [0.4, 0.5) is 5.82 Å². The van der Waals surface area contributed by atoms with Crippen molar-refractivity contribution in [1.82, 2.24) is 14.8 Å². The number of rotatable bonds is 5. The van der Waals surface area contributed by atoms with Crippen molar-refractivity contribution in [1.29, 1.82) is 0 Å². The quantitative estimate of drug-likeness (QED) is 0.867. The van der Waals surface area contributed by atoms with Crippen molar-refractivity contribution in [3.05, 3.63) is 23.9 Å². The molecule has 1 N–H and O–H groups in total. The average molecular weight is 306 g/mol. The normalized spacial score (nSPS) is 17.4. The lowest BCUT2D eigenvalue weighted by molar-refractivity contribution is 0.0524. The van der Waals surface area contributed by atoms with Crippen LogP contribution >= 0.6 is 0 Å². The highest BCUT2D eigenvalue weighted by Gasteiger charge is 2.25. The van der Waals surface area contributed by atoms with Gasteiger partial charge in [-0.25, -0.2) is 4.98 Å². The van der Waals surface area contributed by atoms with Gasteiger partial charge in [0, 0.05) is 53.0 Å². The van der Waals surface area contributed by atoms with E-state index in [1.807, 2.05) is 36.9 Å². The molecule has 0 spiro atoms. The van der Waals surface area contributed by atoms with E-state index in [9.17, 15) is 9.90 Å². The zero-order valence-corrected chi connectivity index (χ0v) is 13.7. The molecule has 0 radical (unpaired) electrons. The summed E-state index contributed by atoms with van der Waals surface area (Å²) in [6, 6.07) is 3.63. The summed E-state index contributed by atoms with van der Waals surface area (Å²) in [5.41, 5.74) is 0.648. The van der Waals surface area contributed by atoms with Crippen LogP contribution in [-0.2, 0) is 0 Å². The number of nitrogens with zero attached hydrogens (tertiary/aromatic N) is 4. The van der Waals surface area contributed by atoms with Crippen LogP contribution in [0.1, 0.15) is 23.7 Å². The summed E-state index contributed by atoms with van der Waals surface area (Å²) in [7, 11) is 3.78. The molecular formula is C16H26N4O2. The molecule has 2 heterocycles. The van der Waals surface area contributed by atoms with E-state index >= 15 is 0 Å². The monoisotopic (exact) mass is 306 g/mol. The summed E-state index contributed by atoms with van der Waals surface area (Å²) in [6.07, 6.45) is 2.19. The maximum Gasteiger partial charge on any atom is 0.257 e. The predicted octanol–water partition coefficient (Wildman–Crippen LogP) is 0.676. The highest BCUT2D eigenvalue weighted by atomic mass is 16.3. The Morgan fingerprint density at radius 2 is 2.05 bits per heavy atom. The second kappa shape index (κ2) is 7.56. The fourth-order valence-electron chi connectivity index (χ4n) is 2.65. The van der Waals surface area contributed by atoms with Crippen LogP contribution < -0.4 is 4.90 Å². The number of carbonyl (C=O) groups excluding carboxylic acids is 1. The van der Waals surface area contributed by atoms with Crippen LogP contribution in [0.15, 0.2) is 18.3 Å². The van der Waals surface area contributed by atoms with Crippen molar-refractivity contribution in [3.63, 3.8) is 0 Å². The predicted molar refractivity (Wildman–Crippen MR) is 87.2 cm³/mol. The van der Waals surface area contributed by atoms with Crippen LogP contribution in [0.5, 0.6) is 0 Å². The van der Waals surface area contributed by atoms with Gasteiger partial charge in [-0.2, -0.15) is 0 Å². The van der Waals surface area contributed by atoms with Gasteiger partial charge in [-0.05, 0) is 18.6 Å². The number of piperazine rings is 1. The molecule has 1 fully saturated rings. The number of aliphatic hydroxyl groups excluding tert-OH is 1. The minimum atomic E-state index is -0.277. The van der Waals surface area contributed by atoms with Crippen molar-refractivity contribution < 1.29 is 9.90 Å². The summed E-state index contributed by atoms with van der Waals surface area (Å²) in [4.78, 5) is 22.9. The Hall–Kier alpha value is -1.66. The number of β-amino-alcohol motifs (C(OH)–C–C–N with tert-alkyl or cyclic N) is 1. The molecule has 0 aromatic carbocycles. The minimum Gasteiger partial charge on any atom is -0.392 e. The number of hydrogen-bond acceptors (Lipinski definition) is 5. The highest BCUT2D eigenvalue weighted by molar-refractivity contribution is 5.98. The van der Waals surface area contributed by atoms with E-state index < -0.39 is 0 Å². The summed E-state index contributed by atoms with van der Waals surface area (Å²) >= 11 is 0. The summed E-state index contributed by atoms with van der Waals surface area (Å²) < 4.78 is 0. The fourth-order valence-corrected chi connectivity index (χ4v) is 2.65. The van der Waals surface area contributed by atoms with Crippen LogP contribution in [0.25, 0.3) is 0 Å². The van der Waals surface area contributed by atoms with Crippen molar-refractivity contribution >= 4 is 11.7 Å². The summed E-state index contributed by atoms with van der Waals surface area (Å²) in [5, 5.41) is 9.72. The second-order valence-electron chi connectivity index (χ2n) is 5.92. The molecule has 6 heteroatoms. The lowest BCUT2D eigenvalue weighted by Gasteiger charge is -2.35. The van der Waals surface area contributed by atoms with Crippen molar-refractivity contribution in [3.8, 4) is 0 Å². The Balaban J connectivity index is 1.98. The lowest BCUT2D eigenvalue weighted by atomic mass is 10.2. The largest absolute Gasteiger partial charge is 0.392 e. The molecule has 122 valence electrons. The van der Waals surface area contributed by atoms with Crippen LogP contribution in [0.2, 0.25) is 0 Å². The third kappa shape index (κ3) is 3.96. The van der Waals surface area contributed by atoms with Gasteiger partial charge in [0.1, 0.15) is 5.82 Å². The molecular weight excluding hydrogens is 280 g/mol. The SMILES string of the molecule is CC[C@H](O)CN1CCN(C(=O)c2cccnc2N(C)C)CC1. The molecule has 0 unspecified atom stereocenters. The number of amides is 1. The van der Waals surface area contributed by atoms with E-state index in [0.717, 1.165) is 19.5 Å². The highest BCUT2D eigenvalue weighted by Crippen LogP contribution is 2.18. The molecule has 6 nitrogen and oxygen atoms in total. The first-order chi connectivity index (χ1) is 10.5. The maximum atomic E-state index is 12.7. The molecule has 1 aliphatic heterocycles. The Morgan fingerprint density at radius 3 is 2.64 bits per heavy atom. The third-order valence-electron chi connectivity index (χ3n) is 4.04. The fraction of sp³-hybridized carbons (Fsp3) is 0.625. The Labute approximate surface area is 132 Å². The molecule has 2 rings (SSSR count). The van der Waals surface area contributed by atoms with Crippen LogP contribution in [0, 0.1) is 0 Å². The zero-order valence-electron chi connectivity index (χ0n) is 13.7. The number of hydrogen-bond donors (Lipinski definition) is 1. The van der Waals surface area contributed by atoms with Gasteiger partial charge in [0.05, 0.1) is 11.7 Å². The Morgan fingerprint density at radius 1 is 1.36 bits per heavy atom. The first-order valence-electron chi connectivity index (χ1n) is 7.85. The van der Waals surface area contributed by atoms with Crippen molar-refractivity contribution in [2.75, 3.05) is 51.7 Å². The van der Waals surface area contributed by atoms with E-state index in [4.69, 9.17) is 0 Å². The standard InChI is InChI=1S/C16H26N4O2/c1-4-13(21)12-19-8-10-20(11-9-19)16(22)14-6-5-7-17-15(14)18(2)3/h5-7,13,21H,4,8-12H2,1-3H3/t13-/m0/s1. The van der Waals surface area contributed by atoms with Crippen molar-refractivity contribution in [2.24, 2.45) is 0 Å². The van der Waals surface area contributed by atoms with Gasteiger partial charge in [-0.3, -0.25) is 9.69 Å². The van der Waals surface area contributed by atoms with Gasteiger partial charge in [0.25, 0.3) is 5.91 Å².